The molecule has 1 aromatic heterocycles. The number of hydrogen-bond donors (Lipinski definition) is 1. The van der Waals surface area contributed by atoms with E-state index in [-0.39, 0.29) is 17.5 Å². The number of aryl methyl sites for hydroxylation is 1. The van der Waals surface area contributed by atoms with E-state index in [9.17, 15) is 9.59 Å². The number of carbonyl (C=O) groups excluding carboxylic acids is 2. The third kappa shape index (κ3) is 3.66. The average molecular weight is 437 g/mol. The number of thiophene rings is 1. The summed E-state index contributed by atoms with van der Waals surface area (Å²) in [6, 6.07) is 16.8. The van der Waals surface area contributed by atoms with Crippen LogP contribution in [0.2, 0.25) is 5.02 Å². The molecule has 2 heterocycles. The van der Waals surface area contributed by atoms with E-state index in [1.54, 1.807) is 18.2 Å². The summed E-state index contributed by atoms with van der Waals surface area (Å²) in [5.74, 6) is -0.327. The van der Waals surface area contributed by atoms with Crippen LogP contribution < -0.4 is 10.2 Å². The highest BCUT2D eigenvalue weighted by Gasteiger charge is 2.41. The molecule has 0 bridgehead atoms. The van der Waals surface area contributed by atoms with Crippen LogP contribution in [0.15, 0.2) is 65.7 Å². The molecule has 1 aliphatic heterocycles. The van der Waals surface area contributed by atoms with Gasteiger partial charge < -0.3 is 5.32 Å². The zero-order chi connectivity index (χ0) is 21.4. The first-order valence-corrected chi connectivity index (χ1v) is 10.9. The maximum atomic E-state index is 13.4. The van der Waals surface area contributed by atoms with Crippen LogP contribution in [0.25, 0.3) is 5.57 Å². The molecule has 0 unspecified atom stereocenters. The van der Waals surface area contributed by atoms with Crippen LogP contribution in [0.3, 0.4) is 0 Å². The number of rotatable bonds is 5. The van der Waals surface area contributed by atoms with Gasteiger partial charge in [0.05, 0.1) is 11.3 Å². The van der Waals surface area contributed by atoms with Gasteiger partial charge in [0.2, 0.25) is 0 Å². The Morgan fingerprint density at radius 3 is 2.37 bits per heavy atom. The number of nitrogens with zero attached hydrogens (tertiary/aromatic N) is 1. The Kier molecular flexibility index (Phi) is 5.50. The molecule has 2 aromatic carbocycles. The fourth-order valence-corrected chi connectivity index (χ4v) is 4.37. The van der Waals surface area contributed by atoms with Crippen LogP contribution in [-0.4, -0.2) is 11.8 Å². The lowest BCUT2D eigenvalue weighted by molar-refractivity contribution is -0.120. The summed E-state index contributed by atoms with van der Waals surface area (Å²) in [5.41, 5.74) is 3.92. The molecule has 3 aromatic rings. The minimum absolute atomic E-state index is 0.277. The third-order valence-corrected chi connectivity index (χ3v) is 6.23. The van der Waals surface area contributed by atoms with Gasteiger partial charge >= 0.3 is 0 Å². The monoisotopic (exact) mass is 436 g/mol. The lowest BCUT2D eigenvalue weighted by Gasteiger charge is -2.18. The van der Waals surface area contributed by atoms with E-state index in [0.29, 0.717) is 22.2 Å². The second kappa shape index (κ2) is 8.09. The van der Waals surface area contributed by atoms with E-state index in [4.69, 9.17) is 11.6 Å². The number of hydrogen-bond acceptors (Lipinski definition) is 4. The van der Waals surface area contributed by atoms with Gasteiger partial charge in [-0.15, -0.1) is 11.3 Å². The van der Waals surface area contributed by atoms with Crippen molar-refractivity contribution >= 4 is 51.7 Å². The van der Waals surface area contributed by atoms with Crippen LogP contribution in [-0.2, 0) is 9.59 Å². The van der Waals surface area contributed by atoms with E-state index < -0.39 is 0 Å². The Hall–Kier alpha value is -2.89. The SMILES string of the molecule is Cc1ccc(Cl)cc1N1C(=O)C(Nc2ccc(C(C)C)cc2)=C(c2cccs2)C1=O. The topological polar surface area (TPSA) is 49.4 Å². The van der Waals surface area contributed by atoms with Gasteiger partial charge in [-0.25, -0.2) is 4.90 Å². The van der Waals surface area contributed by atoms with E-state index in [1.165, 1.54) is 21.8 Å². The van der Waals surface area contributed by atoms with Crippen molar-refractivity contribution in [2.24, 2.45) is 0 Å². The minimum Gasteiger partial charge on any atom is -0.350 e. The average Bonchev–Trinajstić information content (AvgIpc) is 3.32. The van der Waals surface area contributed by atoms with E-state index in [0.717, 1.165) is 16.1 Å². The second-order valence-corrected chi connectivity index (χ2v) is 8.89. The molecule has 2 amide bonds. The maximum Gasteiger partial charge on any atom is 0.282 e. The van der Waals surface area contributed by atoms with Gasteiger partial charge in [-0.05, 0) is 59.7 Å². The number of halogens is 1. The molecule has 30 heavy (non-hydrogen) atoms. The summed E-state index contributed by atoms with van der Waals surface area (Å²) >= 11 is 7.58. The molecular formula is C24H21ClN2O2S. The van der Waals surface area contributed by atoms with Crippen molar-refractivity contribution in [2.75, 3.05) is 10.2 Å². The molecule has 1 N–H and O–H groups in total. The molecule has 0 saturated carbocycles. The Morgan fingerprint density at radius 1 is 1.00 bits per heavy atom. The summed E-state index contributed by atoms with van der Waals surface area (Å²) in [5, 5.41) is 5.56. The summed E-state index contributed by atoms with van der Waals surface area (Å²) < 4.78 is 0. The summed E-state index contributed by atoms with van der Waals surface area (Å²) in [7, 11) is 0. The van der Waals surface area contributed by atoms with Gasteiger partial charge in [-0.2, -0.15) is 0 Å². The number of amides is 2. The Balaban J connectivity index is 1.77. The molecule has 0 atom stereocenters. The van der Waals surface area contributed by atoms with Gasteiger partial charge in [0.25, 0.3) is 11.8 Å². The zero-order valence-electron chi connectivity index (χ0n) is 16.9. The molecule has 0 fully saturated rings. The smallest absolute Gasteiger partial charge is 0.282 e. The quantitative estimate of drug-likeness (QED) is 0.482. The van der Waals surface area contributed by atoms with Gasteiger partial charge in [0.15, 0.2) is 0 Å². The van der Waals surface area contributed by atoms with E-state index in [1.807, 2.05) is 48.7 Å². The van der Waals surface area contributed by atoms with Crippen LogP contribution in [0.4, 0.5) is 11.4 Å². The number of carbonyl (C=O) groups is 2. The van der Waals surface area contributed by atoms with Crippen molar-refractivity contribution in [1.29, 1.82) is 0 Å². The maximum absolute atomic E-state index is 13.4. The predicted molar refractivity (Wildman–Crippen MR) is 124 cm³/mol. The predicted octanol–water partition coefficient (Wildman–Crippen LogP) is 6.23. The van der Waals surface area contributed by atoms with Crippen LogP contribution in [0.5, 0.6) is 0 Å². The number of nitrogens with one attached hydrogen (secondary N) is 1. The van der Waals surface area contributed by atoms with Gasteiger partial charge in [-0.3, -0.25) is 9.59 Å². The van der Waals surface area contributed by atoms with Crippen LogP contribution in [0.1, 0.15) is 35.8 Å². The molecule has 0 saturated heterocycles. The van der Waals surface area contributed by atoms with Crippen molar-refractivity contribution in [2.45, 2.75) is 26.7 Å². The first-order chi connectivity index (χ1) is 14.4. The normalized spacial score (nSPS) is 14.2. The van der Waals surface area contributed by atoms with Crippen molar-refractivity contribution in [3.63, 3.8) is 0 Å². The molecule has 152 valence electrons. The molecule has 6 heteroatoms. The Bertz CT molecular complexity index is 1150. The molecular weight excluding hydrogens is 416 g/mol. The van der Waals surface area contributed by atoms with Gasteiger partial charge in [-0.1, -0.05) is 49.7 Å². The summed E-state index contributed by atoms with van der Waals surface area (Å²) in [6.45, 7) is 6.11. The molecule has 0 aliphatic carbocycles. The Labute approximate surface area is 184 Å². The lowest BCUT2D eigenvalue weighted by atomic mass is 10.0. The number of benzene rings is 2. The fourth-order valence-electron chi connectivity index (χ4n) is 3.43. The van der Waals surface area contributed by atoms with Crippen molar-refractivity contribution in [3.05, 3.63) is 86.7 Å². The number of anilines is 2. The van der Waals surface area contributed by atoms with Crippen molar-refractivity contribution in [1.82, 2.24) is 0 Å². The molecule has 1 aliphatic rings. The van der Waals surface area contributed by atoms with E-state index in [2.05, 4.69) is 19.2 Å². The summed E-state index contributed by atoms with van der Waals surface area (Å²) in [4.78, 5) is 28.8. The van der Waals surface area contributed by atoms with Crippen molar-refractivity contribution in [3.8, 4) is 0 Å². The lowest BCUT2D eigenvalue weighted by Crippen LogP contribution is -2.33. The van der Waals surface area contributed by atoms with Crippen molar-refractivity contribution < 1.29 is 9.59 Å². The number of imide groups is 1. The first kappa shape index (κ1) is 20.4. The zero-order valence-corrected chi connectivity index (χ0v) is 18.5. The third-order valence-electron chi connectivity index (χ3n) is 5.11. The van der Waals surface area contributed by atoms with Gasteiger partial charge in [0, 0.05) is 15.6 Å². The van der Waals surface area contributed by atoms with Gasteiger partial charge in [0.1, 0.15) is 5.70 Å². The summed E-state index contributed by atoms with van der Waals surface area (Å²) in [6.07, 6.45) is 0. The second-order valence-electron chi connectivity index (χ2n) is 7.51. The Morgan fingerprint density at radius 2 is 1.73 bits per heavy atom. The minimum atomic E-state index is -0.387. The molecule has 0 spiro atoms. The highest BCUT2D eigenvalue weighted by atomic mass is 35.5. The fraction of sp³-hybridized carbons (Fsp3) is 0.167. The van der Waals surface area contributed by atoms with Crippen LogP contribution >= 0.6 is 22.9 Å². The molecule has 4 rings (SSSR count). The highest BCUT2D eigenvalue weighted by molar-refractivity contribution is 7.11. The molecule has 4 nitrogen and oxygen atoms in total. The van der Waals surface area contributed by atoms with E-state index >= 15 is 0 Å². The highest BCUT2D eigenvalue weighted by Crippen LogP contribution is 2.37. The standard InChI is InChI=1S/C24H21ClN2O2S/c1-14(2)16-7-10-18(11-8-16)26-22-21(20-5-4-12-30-20)23(28)27(24(22)29)19-13-17(25)9-6-15(19)3/h4-14,26H,1-3H3. The largest absolute Gasteiger partial charge is 0.350 e. The van der Waals surface area contributed by atoms with Crippen LogP contribution in [0, 0.1) is 6.92 Å². The first-order valence-electron chi connectivity index (χ1n) is 9.67. The molecule has 0 radical (unpaired) electrons.